The van der Waals surface area contributed by atoms with Crippen LogP contribution in [0.3, 0.4) is 0 Å². The van der Waals surface area contributed by atoms with Gasteiger partial charge in [0.25, 0.3) is 0 Å². The molecule has 0 unspecified atom stereocenters. The molecular formula is C16H21F2NO. The van der Waals surface area contributed by atoms with Crippen molar-refractivity contribution in [3.05, 3.63) is 35.1 Å². The maximum atomic E-state index is 13.8. The minimum Gasteiger partial charge on any atom is -0.456 e. The van der Waals surface area contributed by atoms with Crippen molar-refractivity contribution in [2.75, 3.05) is 0 Å². The van der Waals surface area contributed by atoms with Crippen LogP contribution in [-0.4, -0.2) is 6.04 Å². The van der Waals surface area contributed by atoms with E-state index in [1.807, 2.05) is 13.8 Å². The molecule has 0 spiro atoms. The number of benzene rings is 1. The third-order valence-electron chi connectivity index (χ3n) is 3.22. The zero-order valence-corrected chi connectivity index (χ0v) is 12.4. The SMILES string of the molecule is CC(C)Cc1c(CNC(C)C)oc2c(F)c(F)ccc12. The Hall–Kier alpha value is -1.42. The Morgan fingerprint density at radius 3 is 2.45 bits per heavy atom. The summed E-state index contributed by atoms with van der Waals surface area (Å²) in [5.41, 5.74) is 1.00. The first-order chi connectivity index (χ1) is 9.40. The summed E-state index contributed by atoms with van der Waals surface area (Å²) in [6.07, 6.45) is 0.785. The second-order valence-corrected chi connectivity index (χ2v) is 5.88. The predicted molar refractivity (Wildman–Crippen MR) is 76.6 cm³/mol. The van der Waals surface area contributed by atoms with E-state index < -0.39 is 11.6 Å². The van der Waals surface area contributed by atoms with Crippen molar-refractivity contribution in [1.29, 1.82) is 0 Å². The van der Waals surface area contributed by atoms with Crippen molar-refractivity contribution in [2.45, 2.75) is 46.7 Å². The van der Waals surface area contributed by atoms with E-state index in [9.17, 15) is 8.78 Å². The van der Waals surface area contributed by atoms with Crippen molar-refractivity contribution in [1.82, 2.24) is 5.32 Å². The van der Waals surface area contributed by atoms with Gasteiger partial charge in [-0.25, -0.2) is 4.39 Å². The molecule has 110 valence electrons. The van der Waals surface area contributed by atoms with Crippen LogP contribution in [0.15, 0.2) is 16.5 Å². The van der Waals surface area contributed by atoms with Gasteiger partial charge in [0.15, 0.2) is 11.4 Å². The Kier molecular flexibility index (Phi) is 4.43. The Morgan fingerprint density at radius 2 is 1.85 bits per heavy atom. The molecule has 0 radical (unpaired) electrons. The van der Waals surface area contributed by atoms with Gasteiger partial charge in [0.2, 0.25) is 5.82 Å². The summed E-state index contributed by atoms with van der Waals surface area (Å²) in [4.78, 5) is 0. The van der Waals surface area contributed by atoms with Gasteiger partial charge in [-0.15, -0.1) is 0 Å². The first-order valence-electron chi connectivity index (χ1n) is 7.01. The van der Waals surface area contributed by atoms with Crippen LogP contribution in [0.2, 0.25) is 0 Å². The van der Waals surface area contributed by atoms with Gasteiger partial charge >= 0.3 is 0 Å². The van der Waals surface area contributed by atoms with Gasteiger partial charge in [-0.05, 0) is 24.5 Å². The van der Waals surface area contributed by atoms with E-state index >= 15 is 0 Å². The van der Waals surface area contributed by atoms with Crippen LogP contribution >= 0.6 is 0 Å². The normalized spacial score (nSPS) is 12.0. The fourth-order valence-corrected chi connectivity index (χ4v) is 2.28. The van der Waals surface area contributed by atoms with Crippen molar-refractivity contribution in [3.63, 3.8) is 0 Å². The Bertz CT molecular complexity index is 602. The zero-order valence-electron chi connectivity index (χ0n) is 12.4. The van der Waals surface area contributed by atoms with Crippen LogP contribution in [0.4, 0.5) is 8.78 Å². The number of fused-ring (bicyclic) bond motifs is 1. The molecule has 2 aromatic rings. The standard InChI is InChI=1S/C16H21F2NO/c1-9(2)7-12-11-5-6-13(17)15(18)16(11)20-14(12)8-19-10(3)4/h5-6,9-10,19H,7-8H2,1-4H3. The third-order valence-corrected chi connectivity index (χ3v) is 3.22. The van der Waals surface area contributed by atoms with Crippen LogP contribution in [0, 0.1) is 17.6 Å². The molecule has 2 nitrogen and oxygen atoms in total. The molecule has 20 heavy (non-hydrogen) atoms. The first kappa shape index (κ1) is 15.0. The fraction of sp³-hybridized carbons (Fsp3) is 0.500. The van der Waals surface area contributed by atoms with Crippen LogP contribution in [-0.2, 0) is 13.0 Å². The molecule has 4 heteroatoms. The summed E-state index contributed by atoms with van der Waals surface area (Å²) in [7, 11) is 0. The molecule has 0 aliphatic rings. The lowest BCUT2D eigenvalue weighted by Gasteiger charge is -2.09. The molecule has 0 fully saturated rings. The van der Waals surface area contributed by atoms with Crippen molar-refractivity contribution < 1.29 is 13.2 Å². The summed E-state index contributed by atoms with van der Waals surface area (Å²) >= 11 is 0. The van der Waals surface area contributed by atoms with Crippen LogP contribution < -0.4 is 5.32 Å². The number of hydrogen-bond acceptors (Lipinski definition) is 2. The van der Waals surface area contributed by atoms with Crippen LogP contribution in [0.1, 0.15) is 39.0 Å². The summed E-state index contributed by atoms with van der Waals surface area (Å²) in [5, 5.41) is 3.94. The van der Waals surface area contributed by atoms with E-state index in [1.165, 1.54) is 0 Å². The van der Waals surface area contributed by atoms with Gasteiger partial charge < -0.3 is 9.73 Å². The monoisotopic (exact) mass is 281 g/mol. The number of halogens is 2. The topological polar surface area (TPSA) is 25.2 Å². The Labute approximate surface area is 118 Å². The number of nitrogens with one attached hydrogen (secondary N) is 1. The lowest BCUT2D eigenvalue weighted by Crippen LogP contribution is -2.22. The highest BCUT2D eigenvalue weighted by molar-refractivity contribution is 5.83. The summed E-state index contributed by atoms with van der Waals surface area (Å²) in [6, 6.07) is 3.07. The predicted octanol–water partition coefficient (Wildman–Crippen LogP) is 4.41. The highest BCUT2D eigenvalue weighted by atomic mass is 19.2. The Balaban J connectivity index is 2.51. The molecule has 0 amide bonds. The van der Waals surface area contributed by atoms with E-state index in [1.54, 1.807) is 6.07 Å². The average molecular weight is 281 g/mol. The van der Waals surface area contributed by atoms with Gasteiger partial charge in [-0.1, -0.05) is 27.7 Å². The van der Waals surface area contributed by atoms with Gasteiger partial charge in [-0.2, -0.15) is 4.39 Å². The minimum absolute atomic E-state index is 0.0289. The van der Waals surface area contributed by atoms with Crippen molar-refractivity contribution in [3.8, 4) is 0 Å². The minimum atomic E-state index is -0.900. The number of rotatable bonds is 5. The third kappa shape index (κ3) is 3.01. The molecule has 2 rings (SSSR count). The second-order valence-electron chi connectivity index (χ2n) is 5.88. The highest BCUT2D eigenvalue weighted by Crippen LogP contribution is 2.31. The summed E-state index contributed by atoms with van der Waals surface area (Å²) in [5.74, 6) is -0.650. The molecule has 0 saturated carbocycles. The van der Waals surface area contributed by atoms with Crippen molar-refractivity contribution in [2.24, 2.45) is 5.92 Å². The number of hydrogen-bond donors (Lipinski definition) is 1. The molecule has 1 aromatic carbocycles. The van der Waals surface area contributed by atoms with E-state index in [0.717, 1.165) is 18.1 Å². The zero-order chi connectivity index (χ0) is 14.9. The van der Waals surface area contributed by atoms with Crippen LogP contribution in [0.25, 0.3) is 11.0 Å². The maximum Gasteiger partial charge on any atom is 0.201 e. The molecule has 0 aliphatic carbocycles. The quantitative estimate of drug-likeness (QED) is 0.878. The molecule has 0 saturated heterocycles. The second kappa shape index (κ2) is 5.92. The van der Waals surface area contributed by atoms with Crippen molar-refractivity contribution >= 4 is 11.0 Å². The first-order valence-corrected chi connectivity index (χ1v) is 7.01. The van der Waals surface area contributed by atoms with E-state index in [4.69, 9.17) is 4.42 Å². The largest absolute Gasteiger partial charge is 0.456 e. The maximum absolute atomic E-state index is 13.8. The molecule has 0 atom stereocenters. The molecule has 1 N–H and O–H groups in total. The lowest BCUT2D eigenvalue weighted by molar-refractivity contribution is 0.454. The van der Waals surface area contributed by atoms with E-state index in [0.29, 0.717) is 29.7 Å². The molecule has 0 bridgehead atoms. The summed E-state index contributed by atoms with van der Waals surface area (Å²) < 4.78 is 32.7. The van der Waals surface area contributed by atoms with E-state index in [2.05, 4.69) is 19.2 Å². The smallest absolute Gasteiger partial charge is 0.201 e. The van der Waals surface area contributed by atoms with E-state index in [-0.39, 0.29) is 5.58 Å². The summed E-state index contributed by atoms with van der Waals surface area (Å²) in [6.45, 7) is 8.78. The molecule has 0 aliphatic heterocycles. The molecule has 1 aromatic heterocycles. The molecular weight excluding hydrogens is 260 g/mol. The van der Waals surface area contributed by atoms with Gasteiger partial charge in [0.05, 0.1) is 6.54 Å². The van der Waals surface area contributed by atoms with Gasteiger partial charge in [-0.3, -0.25) is 0 Å². The fourth-order valence-electron chi connectivity index (χ4n) is 2.28. The number of furan rings is 1. The Morgan fingerprint density at radius 1 is 1.15 bits per heavy atom. The van der Waals surface area contributed by atoms with Crippen LogP contribution in [0.5, 0.6) is 0 Å². The average Bonchev–Trinajstić information content (AvgIpc) is 2.70. The van der Waals surface area contributed by atoms with Gasteiger partial charge in [0.1, 0.15) is 5.76 Å². The highest BCUT2D eigenvalue weighted by Gasteiger charge is 2.19. The molecule has 1 heterocycles. The lowest BCUT2D eigenvalue weighted by atomic mass is 9.99. The van der Waals surface area contributed by atoms with Gasteiger partial charge in [0, 0.05) is 17.0 Å².